The SMILES string of the molecule is CCCCOC(=O)C(C)C(=O)C(C)F. The minimum Gasteiger partial charge on any atom is -0.465 e. The van der Waals surface area contributed by atoms with E-state index >= 15 is 0 Å². The van der Waals surface area contributed by atoms with Crippen LogP contribution in [-0.2, 0) is 14.3 Å². The maximum absolute atomic E-state index is 12.5. The van der Waals surface area contributed by atoms with Gasteiger partial charge in [-0.2, -0.15) is 0 Å². The van der Waals surface area contributed by atoms with E-state index in [4.69, 9.17) is 4.74 Å². The van der Waals surface area contributed by atoms with Gasteiger partial charge in [-0.25, -0.2) is 4.39 Å². The van der Waals surface area contributed by atoms with Crippen molar-refractivity contribution in [1.82, 2.24) is 0 Å². The monoisotopic (exact) mass is 204 g/mol. The summed E-state index contributed by atoms with van der Waals surface area (Å²) >= 11 is 0. The Hall–Kier alpha value is -0.930. The predicted molar refractivity (Wildman–Crippen MR) is 50.6 cm³/mol. The topological polar surface area (TPSA) is 43.4 Å². The first-order chi connectivity index (χ1) is 6.50. The largest absolute Gasteiger partial charge is 0.465 e. The van der Waals surface area contributed by atoms with Crippen LogP contribution in [0.1, 0.15) is 33.6 Å². The Kier molecular flexibility index (Phi) is 6.08. The molecule has 0 fully saturated rings. The van der Waals surface area contributed by atoms with Gasteiger partial charge in [-0.1, -0.05) is 13.3 Å². The van der Waals surface area contributed by atoms with Crippen LogP contribution in [0.15, 0.2) is 0 Å². The van der Waals surface area contributed by atoms with E-state index in [0.29, 0.717) is 6.61 Å². The zero-order chi connectivity index (χ0) is 11.1. The molecule has 0 aromatic carbocycles. The van der Waals surface area contributed by atoms with E-state index in [0.717, 1.165) is 19.8 Å². The van der Waals surface area contributed by atoms with Crippen LogP contribution >= 0.6 is 0 Å². The Labute approximate surface area is 83.6 Å². The zero-order valence-electron chi connectivity index (χ0n) is 8.88. The molecule has 0 amide bonds. The second-order valence-corrected chi connectivity index (χ2v) is 3.26. The Bertz CT molecular complexity index is 202. The molecule has 4 heteroatoms. The third-order valence-corrected chi connectivity index (χ3v) is 1.91. The third-order valence-electron chi connectivity index (χ3n) is 1.91. The number of carbonyl (C=O) groups is 2. The van der Waals surface area contributed by atoms with E-state index in [2.05, 4.69) is 0 Å². The highest BCUT2D eigenvalue weighted by Crippen LogP contribution is 2.06. The number of halogens is 1. The maximum Gasteiger partial charge on any atom is 0.316 e. The van der Waals surface area contributed by atoms with E-state index in [-0.39, 0.29) is 0 Å². The maximum atomic E-state index is 12.5. The van der Waals surface area contributed by atoms with Crippen LogP contribution in [0, 0.1) is 5.92 Å². The van der Waals surface area contributed by atoms with E-state index in [1.165, 1.54) is 6.92 Å². The second-order valence-electron chi connectivity index (χ2n) is 3.26. The summed E-state index contributed by atoms with van der Waals surface area (Å²) in [5, 5.41) is 0. The van der Waals surface area contributed by atoms with Gasteiger partial charge in [0.15, 0.2) is 12.0 Å². The number of unbranched alkanes of at least 4 members (excludes halogenated alkanes) is 1. The molecule has 0 bridgehead atoms. The first kappa shape index (κ1) is 13.1. The van der Waals surface area contributed by atoms with Gasteiger partial charge in [-0.15, -0.1) is 0 Å². The van der Waals surface area contributed by atoms with Crippen LogP contribution in [0.3, 0.4) is 0 Å². The molecule has 0 aromatic rings. The summed E-state index contributed by atoms with van der Waals surface area (Å²) in [5.41, 5.74) is 0. The van der Waals surface area contributed by atoms with Gasteiger partial charge in [0.25, 0.3) is 0 Å². The smallest absolute Gasteiger partial charge is 0.316 e. The molecule has 0 aliphatic rings. The lowest BCUT2D eigenvalue weighted by Gasteiger charge is -2.10. The molecule has 14 heavy (non-hydrogen) atoms. The quantitative estimate of drug-likeness (QED) is 0.377. The highest BCUT2D eigenvalue weighted by Gasteiger charge is 2.26. The first-order valence-corrected chi connectivity index (χ1v) is 4.85. The summed E-state index contributed by atoms with van der Waals surface area (Å²) in [6.45, 7) is 4.75. The average molecular weight is 204 g/mol. The number of rotatable bonds is 6. The number of hydrogen-bond donors (Lipinski definition) is 0. The van der Waals surface area contributed by atoms with Gasteiger partial charge in [0.2, 0.25) is 0 Å². The number of carbonyl (C=O) groups excluding carboxylic acids is 2. The molecule has 0 aliphatic carbocycles. The fourth-order valence-electron chi connectivity index (χ4n) is 0.903. The second kappa shape index (κ2) is 6.51. The minimum atomic E-state index is -1.61. The molecule has 0 rings (SSSR count). The van der Waals surface area contributed by atoms with Gasteiger partial charge in [0.1, 0.15) is 5.92 Å². The number of Topliss-reactive ketones (excluding diaryl/α,β-unsaturated/α-hetero) is 1. The van der Waals surface area contributed by atoms with Gasteiger partial charge < -0.3 is 4.74 Å². The first-order valence-electron chi connectivity index (χ1n) is 4.85. The number of ketones is 1. The highest BCUT2D eigenvalue weighted by molar-refractivity contribution is 6.00. The fourth-order valence-corrected chi connectivity index (χ4v) is 0.903. The number of hydrogen-bond acceptors (Lipinski definition) is 3. The fraction of sp³-hybridized carbons (Fsp3) is 0.800. The van der Waals surface area contributed by atoms with Crippen LogP contribution in [0.5, 0.6) is 0 Å². The molecule has 82 valence electrons. The van der Waals surface area contributed by atoms with Crippen molar-refractivity contribution < 1.29 is 18.7 Å². The Balaban J connectivity index is 3.93. The van der Waals surface area contributed by atoms with Crippen molar-refractivity contribution in [1.29, 1.82) is 0 Å². The molecular formula is C10H17FO3. The highest BCUT2D eigenvalue weighted by atomic mass is 19.1. The minimum absolute atomic E-state index is 0.299. The zero-order valence-corrected chi connectivity index (χ0v) is 8.88. The molecule has 0 saturated carbocycles. The summed E-state index contributed by atoms with van der Waals surface area (Å²) in [5.74, 6) is -2.34. The van der Waals surface area contributed by atoms with Crippen molar-refractivity contribution in [3.05, 3.63) is 0 Å². The van der Waals surface area contributed by atoms with Gasteiger partial charge in [0, 0.05) is 0 Å². The van der Waals surface area contributed by atoms with Gasteiger partial charge >= 0.3 is 5.97 Å². The standard InChI is InChI=1S/C10H17FO3/c1-4-5-6-14-10(13)7(2)9(12)8(3)11/h7-8H,4-6H2,1-3H3. The van der Waals surface area contributed by atoms with Crippen molar-refractivity contribution in [3.63, 3.8) is 0 Å². The van der Waals surface area contributed by atoms with E-state index in [1.807, 2.05) is 6.92 Å². The van der Waals surface area contributed by atoms with E-state index in [9.17, 15) is 14.0 Å². The van der Waals surface area contributed by atoms with Crippen LogP contribution in [0.4, 0.5) is 4.39 Å². The molecule has 0 N–H and O–H groups in total. The van der Waals surface area contributed by atoms with Gasteiger partial charge in [0.05, 0.1) is 6.61 Å². The molecule has 2 unspecified atom stereocenters. The average Bonchev–Trinajstić information content (AvgIpc) is 2.15. The lowest BCUT2D eigenvalue weighted by atomic mass is 10.0. The van der Waals surface area contributed by atoms with Gasteiger partial charge in [-0.3, -0.25) is 9.59 Å². The van der Waals surface area contributed by atoms with Crippen molar-refractivity contribution in [2.75, 3.05) is 6.61 Å². The Morgan fingerprint density at radius 1 is 1.36 bits per heavy atom. The predicted octanol–water partition coefficient (Wildman–Crippen LogP) is 1.89. The van der Waals surface area contributed by atoms with Crippen molar-refractivity contribution in [2.24, 2.45) is 5.92 Å². The molecule has 2 atom stereocenters. The molecule has 0 heterocycles. The summed E-state index contributed by atoms with van der Waals surface area (Å²) < 4.78 is 17.3. The van der Waals surface area contributed by atoms with E-state index in [1.54, 1.807) is 0 Å². The summed E-state index contributed by atoms with van der Waals surface area (Å²) in [7, 11) is 0. The van der Waals surface area contributed by atoms with Gasteiger partial charge in [-0.05, 0) is 20.3 Å². The summed E-state index contributed by atoms with van der Waals surface area (Å²) in [6.07, 6.45) is 0.0659. The molecular weight excluding hydrogens is 187 g/mol. The lowest BCUT2D eigenvalue weighted by molar-refractivity contribution is -0.152. The van der Waals surface area contributed by atoms with Crippen molar-refractivity contribution >= 4 is 11.8 Å². The Morgan fingerprint density at radius 3 is 2.36 bits per heavy atom. The third kappa shape index (κ3) is 4.35. The van der Waals surface area contributed by atoms with Crippen molar-refractivity contribution in [2.45, 2.75) is 39.8 Å². The molecule has 3 nitrogen and oxygen atoms in total. The van der Waals surface area contributed by atoms with Crippen LogP contribution in [0.2, 0.25) is 0 Å². The normalized spacial score (nSPS) is 14.6. The molecule has 0 aromatic heterocycles. The van der Waals surface area contributed by atoms with Crippen LogP contribution in [-0.4, -0.2) is 24.5 Å². The number of ether oxygens (including phenoxy) is 1. The van der Waals surface area contributed by atoms with Crippen LogP contribution in [0.25, 0.3) is 0 Å². The Morgan fingerprint density at radius 2 is 1.93 bits per heavy atom. The number of esters is 1. The molecule has 0 saturated heterocycles. The van der Waals surface area contributed by atoms with Crippen LogP contribution < -0.4 is 0 Å². The summed E-state index contributed by atoms with van der Waals surface area (Å²) in [4.78, 5) is 22.2. The van der Waals surface area contributed by atoms with Crippen molar-refractivity contribution in [3.8, 4) is 0 Å². The lowest BCUT2D eigenvalue weighted by Crippen LogP contribution is -2.28. The number of alkyl halides is 1. The van der Waals surface area contributed by atoms with E-state index < -0.39 is 23.8 Å². The molecule has 0 radical (unpaired) electrons. The molecule has 0 aliphatic heterocycles. The summed E-state index contributed by atoms with van der Waals surface area (Å²) in [6, 6.07) is 0. The molecule has 0 spiro atoms.